The number of carbonyl (C=O) groups is 2. The Kier molecular flexibility index (Phi) is 4.68. The number of nitrogens with zero attached hydrogens (tertiary/aromatic N) is 2. The molecule has 0 saturated carbocycles. The molecule has 20 heavy (non-hydrogen) atoms. The highest BCUT2D eigenvalue weighted by molar-refractivity contribution is 6.02. The first-order valence-corrected chi connectivity index (χ1v) is 6.84. The summed E-state index contributed by atoms with van der Waals surface area (Å²) in [7, 11) is 0. The van der Waals surface area contributed by atoms with Gasteiger partial charge in [-0.2, -0.15) is 0 Å². The summed E-state index contributed by atoms with van der Waals surface area (Å²) in [5.74, 6) is 0.139. The molecular weight excluding hydrogens is 256 g/mol. The highest BCUT2D eigenvalue weighted by atomic mass is 16.2. The van der Waals surface area contributed by atoms with Crippen LogP contribution in [0.2, 0.25) is 0 Å². The van der Waals surface area contributed by atoms with Gasteiger partial charge in [-0.3, -0.25) is 14.9 Å². The highest BCUT2D eigenvalue weighted by Crippen LogP contribution is 2.18. The van der Waals surface area contributed by atoms with Gasteiger partial charge in [0.1, 0.15) is 5.82 Å². The van der Waals surface area contributed by atoms with Gasteiger partial charge in [-0.05, 0) is 37.1 Å². The van der Waals surface area contributed by atoms with Crippen LogP contribution < -0.4 is 15.5 Å². The van der Waals surface area contributed by atoms with Gasteiger partial charge in [0.25, 0.3) is 0 Å². The number of aromatic nitrogens is 1. The van der Waals surface area contributed by atoms with Gasteiger partial charge in [-0.15, -0.1) is 0 Å². The minimum atomic E-state index is -0.281. The fourth-order valence-electron chi connectivity index (χ4n) is 2.25. The number of rotatable bonds is 5. The van der Waals surface area contributed by atoms with Crippen LogP contribution in [0.5, 0.6) is 0 Å². The van der Waals surface area contributed by atoms with Crippen molar-refractivity contribution in [3.8, 4) is 0 Å². The van der Waals surface area contributed by atoms with Gasteiger partial charge in [0.05, 0.1) is 13.1 Å². The number of imide groups is 1. The van der Waals surface area contributed by atoms with Crippen molar-refractivity contribution in [2.24, 2.45) is 0 Å². The molecule has 1 aliphatic rings. The van der Waals surface area contributed by atoms with E-state index >= 15 is 0 Å². The second-order valence-electron chi connectivity index (χ2n) is 4.99. The number of piperazine rings is 1. The van der Waals surface area contributed by atoms with Crippen LogP contribution in [-0.2, 0) is 16.1 Å². The maximum atomic E-state index is 11.4. The first-order chi connectivity index (χ1) is 9.60. The molecule has 6 heteroatoms. The van der Waals surface area contributed by atoms with Crippen LogP contribution in [0.1, 0.15) is 24.5 Å². The number of anilines is 1. The van der Waals surface area contributed by atoms with Crippen molar-refractivity contribution in [1.29, 1.82) is 0 Å². The summed E-state index contributed by atoms with van der Waals surface area (Å²) in [6, 6.07) is 2.04. The number of nitrogens with one attached hydrogen (secondary N) is 2. The van der Waals surface area contributed by atoms with E-state index in [0.29, 0.717) is 5.82 Å². The SMILES string of the molecule is CCCNCc1cnc(N2CC(=O)NC(=O)C2)c(C)c1. The Balaban J connectivity index is 2.09. The molecule has 0 aliphatic carbocycles. The van der Waals surface area contributed by atoms with Crippen LogP contribution in [0.15, 0.2) is 12.3 Å². The third kappa shape index (κ3) is 3.54. The molecule has 0 unspecified atom stereocenters. The van der Waals surface area contributed by atoms with E-state index in [2.05, 4.69) is 22.5 Å². The van der Waals surface area contributed by atoms with Crippen LogP contribution in [-0.4, -0.2) is 36.4 Å². The first kappa shape index (κ1) is 14.5. The van der Waals surface area contributed by atoms with Crippen molar-refractivity contribution in [2.45, 2.75) is 26.8 Å². The molecular formula is C14H20N4O2. The number of pyridine rings is 1. The van der Waals surface area contributed by atoms with E-state index in [1.807, 2.05) is 13.0 Å². The van der Waals surface area contributed by atoms with E-state index in [1.54, 1.807) is 11.1 Å². The van der Waals surface area contributed by atoms with Gasteiger partial charge in [0.2, 0.25) is 11.8 Å². The molecule has 108 valence electrons. The molecule has 0 atom stereocenters. The average molecular weight is 276 g/mol. The Morgan fingerprint density at radius 3 is 2.65 bits per heavy atom. The smallest absolute Gasteiger partial charge is 0.246 e. The van der Waals surface area contributed by atoms with Crippen molar-refractivity contribution >= 4 is 17.6 Å². The van der Waals surface area contributed by atoms with Crippen molar-refractivity contribution in [3.05, 3.63) is 23.4 Å². The zero-order valence-electron chi connectivity index (χ0n) is 11.9. The van der Waals surface area contributed by atoms with E-state index in [-0.39, 0.29) is 24.9 Å². The lowest BCUT2D eigenvalue weighted by atomic mass is 10.2. The average Bonchev–Trinajstić information content (AvgIpc) is 2.38. The van der Waals surface area contributed by atoms with E-state index in [1.165, 1.54) is 0 Å². The standard InChI is InChI=1S/C14H20N4O2/c1-3-4-15-6-11-5-10(2)14(16-7-11)18-8-12(19)17-13(20)9-18/h5,7,15H,3-4,6,8-9H2,1-2H3,(H,17,19,20). The maximum absolute atomic E-state index is 11.4. The molecule has 1 aromatic rings. The van der Waals surface area contributed by atoms with Gasteiger partial charge in [-0.1, -0.05) is 6.92 Å². The van der Waals surface area contributed by atoms with Crippen molar-refractivity contribution in [1.82, 2.24) is 15.6 Å². The summed E-state index contributed by atoms with van der Waals surface area (Å²) >= 11 is 0. The van der Waals surface area contributed by atoms with Crippen molar-refractivity contribution < 1.29 is 9.59 Å². The molecule has 1 fully saturated rings. The maximum Gasteiger partial charge on any atom is 0.246 e. The Morgan fingerprint density at radius 1 is 1.35 bits per heavy atom. The quantitative estimate of drug-likeness (QED) is 0.600. The molecule has 2 N–H and O–H groups in total. The number of amides is 2. The largest absolute Gasteiger partial charge is 0.338 e. The summed E-state index contributed by atoms with van der Waals surface area (Å²) in [5.41, 5.74) is 2.08. The van der Waals surface area contributed by atoms with Gasteiger partial charge in [-0.25, -0.2) is 4.98 Å². The van der Waals surface area contributed by atoms with Gasteiger partial charge in [0.15, 0.2) is 0 Å². The second-order valence-corrected chi connectivity index (χ2v) is 4.99. The summed E-state index contributed by atoms with van der Waals surface area (Å²) in [5, 5.41) is 5.61. The highest BCUT2D eigenvalue weighted by Gasteiger charge is 2.24. The molecule has 6 nitrogen and oxygen atoms in total. The van der Waals surface area contributed by atoms with Gasteiger partial charge < -0.3 is 10.2 Å². The molecule has 1 aliphatic heterocycles. The number of hydrogen-bond donors (Lipinski definition) is 2. The fourth-order valence-corrected chi connectivity index (χ4v) is 2.25. The summed E-state index contributed by atoms with van der Waals surface area (Å²) in [4.78, 5) is 28.9. The number of hydrogen-bond acceptors (Lipinski definition) is 5. The summed E-state index contributed by atoms with van der Waals surface area (Å²) in [6.07, 6.45) is 2.89. The molecule has 0 bridgehead atoms. The zero-order chi connectivity index (χ0) is 14.5. The van der Waals surface area contributed by atoms with E-state index in [0.717, 1.165) is 30.6 Å². The van der Waals surface area contributed by atoms with E-state index < -0.39 is 0 Å². The Labute approximate surface area is 118 Å². The molecule has 0 aromatic carbocycles. The van der Waals surface area contributed by atoms with Crippen LogP contribution in [0, 0.1) is 6.92 Å². The minimum absolute atomic E-state index is 0.174. The first-order valence-electron chi connectivity index (χ1n) is 6.84. The van der Waals surface area contributed by atoms with Crippen LogP contribution in [0.3, 0.4) is 0 Å². The molecule has 1 saturated heterocycles. The van der Waals surface area contributed by atoms with Crippen molar-refractivity contribution in [2.75, 3.05) is 24.5 Å². The summed E-state index contributed by atoms with van der Waals surface area (Å²) < 4.78 is 0. The second kappa shape index (κ2) is 6.47. The van der Waals surface area contributed by atoms with Crippen molar-refractivity contribution in [3.63, 3.8) is 0 Å². The van der Waals surface area contributed by atoms with Crippen LogP contribution >= 0.6 is 0 Å². The number of aryl methyl sites for hydroxylation is 1. The lowest BCUT2D eigenvalue weighted by molar-refractivity contribution is -0.130. The summed E-state index contributed by atoms with van der Waals surface area (Å²) in [6.45, 7) is 6.17. The lowest BCUT2D eigenvalue weighted by Crippen LogP contribution is -2.52. The zero-order valence-corrected chi connectivity index (χ0v) is 11.9. The Morgan fingerprint density at radius 2 is 2.05 bits per heavy atom. The normalized spacial score (nSPS) is 15.4. The Bertz CT molecular complexity index is 500. The number of carbonyl (C=O) groups excluding carboxylic acids is 2. The van der Waals surface area contributed by atoms with Crippen LogP contribution in [0.25, 0.3) is 0 Å². The molecule has 2 rings (SSSR count). The minimum Gasteiger partial charge on any atom is -0.338 e. The van der Waals surface area contributed by atoms with Gasteiger partial charge in [0, 0.05) is 12.7 Å². The molecule has 2 heterocycles. The fraction of sp³-hybridized carbons (Fsp3) is 0.500. The van der Waals surface area contributed by atoms with E-state index in [9.17, 15) is 9.59 Å². The third-order valence-corrected chi connectivity index (χ3v) is 3.11. The van der Waals surface area contributed by atoms with E-state index in [4.69, 9.17) is 0 Å². The molecule has 2 amide bonds. The predicted octanol–water partition coefficient (Wildman–Crippen LogP) is 0.352. The predicted molar refractivity (Wildman–Crippen MR) is 76.3 cm³/mol. The Hall–Kier alpha value is -1.95. The third-order valence-electron chi connectivity index (χ3n) is 3.11. The monoisotopic (exact) mass is 276 g/mol. The molecule has 0 spiro atoms. The molecule has 1 aromatic heterocycles. The lowest BCUT2D eigenvalue weighted by Gasteiger charge is -2.27. The van der Waals surface area contributed by atoms with Gasteiger partial charge >= 0.3 is 0 Å². The van der Waals surface area contributed by atoms with Crippen LogP contribution in [0.4, 0.5) is 5.82 Å². The topological polar surface area (TPSA) is 74.3 Å². The molecule has 0 radical (unpaired) electrons.